The predicted molar refractivity (Wildman–Crippen MR) is 83.5 cm³/mol. The van der Waals surface area contributed by atoms with Gasteiger partial charge in [-0.15, -0.1) is 0 Å². The molecule has 5 nitrogen and oxygen atoms in total. The quantitative estimate of drug-likeness (QED) is 0.891. The number of carbonyl (C=O) groups excluding carboxylic acids is 1. The molecular weight excluding hydrogens is 312 g/mol. The molecule has 2 rings (SSSR count). The number of nitrogens with one attached hydrogen (secondary N) is 2. The average Bonchev–Trinajstić information content (AvgIpc) is 2.68. The maximum Gasteiger partial charge on any atom is 0.241 e. The van der Waals surface area contributed by atoms with Crippen LogP contribution in [-0.4, -0.2) is 33.2 Å². The summed E-state index contributed by atoms with van der Waals surface area (Å²) in [4.78, 5) is 12.4. The van der Waals surface area contributed by atoms with E-state index in [1.54, 1.807) is 0 Å². The molecule has 1 aromatic carbocycles. The molecule has 0 aliphatic carbocycles. The van der Waals surface area contributed by atoms with Gasteiger partial charge in [-0.2, -0.15) is 0 Å². The molecule has 1 aromatic rings. The Bertz CT molecular complexity index is 623. The Labute approximate surface area is 130 Å². The van der Waals surface area contributed by atoms with Gasteiger partial charge in [-0.05, 0) is 37.6 Å². The first-order valence-corrected chi connectivity index (χ1v) is 9.19. The van der Waals surface area contributed by atoms with E-state index in [1.165, 1.54) is 18.2 Å². The molecule has 2 N–H and O–H groups in total. The highest BCUT2D eigenvalue weighted by atomic mass is 35.5. The molecule has 1 unspecified atom stereocenters. The van der Waals surface area contributed by atoms with Gasteiger partial charge in [0.15, 0.2) is 9.84 Å². The molecular formula is C14H19ClN2O3S. The van der Waals surface area contributed by atoms with Crippen molar-refractivity contribution in [1.29, 1.82) is 0 Å². The summed E-state index contributed by atoms with van der Waals surface area (Å²) < 4.78 is 23.1. The van der Waals surface area contributed by atoms with Crippen molar-refractivity contribution in [3.8, 4) is 0 Å². The molecule has 0 bridgehead atoms. The first-order chi connectivity index (χ1) is 9.88. The average molecular weight is 331 g/mol. The molecule has 21 heavy (non-hydrogen) atoms. The maximum absolute atomic E-state index is 12.3. The van der Waals surface area contributed by atoms with Crippen LogP contribution in [0.1, 0.15) is 25.7 Å². The zero-order chi connectivity index (χ0) is 15.5. The lowest BCUT2D eigenvalue weighted by atomic mass is 10.1. The van der Waals surface area contributed by atoms with Crippen molar-refractivity contribution in [1.82, 2.24) is 5.32 Å². The first-order valence-electron chi connectivity index (χ1n) is 6.92. The first kappa shape index (κ1) is 16.3. The Balaban J connectivity index is 2.16. The highest BCUT2D eigenvalue weighted by Crippen LogP contribution is 2.25. The van der Waals surface area contributed by atoms with Crippen molar-refractivity contribution >= 4 is 33.0 Å². The summed E-state index contributed by atoms with van der Waals surface area (Å²) in [6.45, 7) is 0.815. The summed E-state index contributed by atoms with van der Waals surface area (Å²) >= 11 is 6.03. The highest BCUT2D eigenvalue weighted by molar-refractivity contribution is 7.90. The second-order valence-electron chi connectivity index (χ2n) is 5.26. The van der Waals surface area contributed by atoms with Gasteiger partial charge < -0.3 is 10.6 Å². The van der Waals surface area contributed by atoms with Crippen molar-refractivity contribution in [2.75, 3.05) is 18.1 Å². The number of amides is 1. The smallest absolute Gasteiger partial charge is 0.241 e. The van der Waals surface area contributed by atoms with Crippen LogP contribution < -0.4 is 10.6 Å². The maximum atomic E-state index is 12.3. The zero-order valence-electron chi connectivity index (χ0n) is 11.9. The normalized spacial score (nSPS) is 19.8. The summed E-state index contributed by atoms with van der Waals surface area (Å²) in [5.41, 5.74) is 0.329. The number of carbonyl (C=O) groups is 1. The Morgan fingerprint density at radius 2 is 2.10 bits per heavy atom. The number of hydrogen-bond acceptors (Lipinski definition) is 4. The molecule has 1 aliphatic heterocycles. The number of rotatable bonds is 3. The van der Waals surface area contributed by atoms with Crippen molar-refractivity contribution in [2.45, 2.75) is 36.6 Å². The molecule has 0 radical (unpaired) electrons. The van der Waals surface area contributed by atoms with Gasteiger partial charge in [0.1, 0.15) is 0 Å². The Morgan fingerprint density at radius 3 is 2.81 bits per heavy atom. The number of anilines is 1. The predicted octanol–water partition coefficient (Wildman–Crippen LogP) is 2.21. The number of hydrogen-bond donors (Lipinski definition) is 2. The molecule has 0 aromatic heterocycles. The minimum absolute atomic E-state index is 0.135. The van der Waals surface area contributed by atoms with Crippen molar-refractivity contribution in [3.63, 3.8) is 0 Å². The van der Waals surface area contributed by atoms with Gasteiger partial charge in [0, 0.05) is 6.26 Å². The zero-order valence-corrected chi connectivity index (χ0v) is 13.4. The monoisotopic (exact) mass is 330 g/mol. The standard InChI is InChI=1S/C14H19ClN2O3S/c1-21(19,20)10-6-7-11(15)13(9-10)17-14(18)12-5-3-2-4-8-16-12/h6-7,9,12,16H,2-5,8H2,1H3,(H,17,18). The lowest BCUT2D eigenvalue weighted by Gasteiger charge is -2.16. The summed E-state index contributed by atoms with van der Waals surface area (Å²) in [5.74, 6) is -0.176. The fraction of sp³-hybridized carbons (Fsp3) is 0.500. The highest BCUT2D eigenvalue weighted by Gasteiger charge is 2.21. The van der Waals surface area contributed by atoms with E-state index in [0.29, 0.717) is 10.7 Å². The third-order valence-corrected chi connectivity index (χ3v) is 4.94. The number of sulfone groups is 1. The van der Waals surface area contributed by atoms with Gasteiger partial charge >= 0.3 is 0 Å². The second kappa shape index (κ2) is 6.77. The van der Waals surface area contributed by atoms with Crippen LogP contribution in [0.4, 0.5) is 5.69 Å². The summed E-state index contributed by atoms with van der Waals surface area (Å²) in [6.07, 6.45) is 5.07. The van der Waals surface area contributed by atoms with E-state index in [0.717, 1.165) is 38.5 Å². The Hall–Kier alpha value is -1.11. The van der Waals surface area contributed by atoms with Crippen LogP contribution in [0.2, 0.25) is 5.02 Å². The van der Waals surface area contributed by atoms with Crippen LogP contribution in [0.15, 0.2) is 23.1 Å². The van der Waals surface area contributed by atoms with E-state index < -0.39 is 9.84 Å². The van der Waals surface area contributed by atoms with E-state index in [9.17, 15) is 13.2 Å². The molecule has 0 spiro atoms. The molecule has 1 fully saturated rings. The summed E-state index contributed by atoms with van der Waals surface area (Å²) in [7, 11) is -3.33. The van der Waals surface area contributed by atoms with Crippen molar-refractivity contribution in [2.24, 2.45) is 0 Å². The van der Waals surface area contributed by atoms with Gasteiger partial charge in [0.05, 0.1) is 21.6 Å². The molecule has 0 saturated carbocycles. The Morgan fingerprint density at radius 1 is 1.33 bits per heavy atom. The minimum atomic E-state index is -3.33. The summed E-state index contributed by atoms with van der Waals surface area (Å²) in [6, 6.07) is 4.04. The van der Waals surface area contributed by atoms with Gasteiger partial charge in [-0.25, -0.2) is 8.42 Å². The molecule has 1 aliphatic rings. The van der Waals surface area contributed by atoms with Crippen LogP contribution >= 0.6 is 11.6 Å². The second-order valence-corrected chi connectivity index (χ2v) is 7.68. The lowest BCUT2D eigenvalue weighted by molar-refractivity contribution is -0.118. The molecule has 7 heteroatoms. The minimum Gasteiger partial charge on any atom is -0.323 e. The van der Waals surface area contributed by atoms with E-state index >= 15 is 0 Å². The van der Waals surface area contributed by atoms with E-state index in [4.69, 9.17) is 11.6 Å². The van der Waals surface area contributed by atoms with Gasteiger partial charge in [0.25, 0.3) is 0 Å². The third kappa shape index (κ3) is 4.43. The van der Waals surface area contributed by atoms with E-state index in [2.05, 4.69) is 10.6 Å². The topological polar surface area (TPSA) is 75.3 Å². The van der Waals surface area contributed by atoms with Crippen LogP contribution in [0.5, 0.6) is 0 Å². The van der Waals surface area contributed by atoms with Crippen molar-refractivity contribution < 1.29 is 13.2 Å². The number of halogens is 1. The van der Waals surface area contributed by atoms with E-state index in [-0.39, 0.29) is 16.8 Å². The fourth-order valence-electron chi connectivity index (χ4n) is 2.30. The SMILES string of the molecule is CS(=O)(=O)c1ccc(Cl)c(NC(=O)C2CCCCCN2)c1. The third-order valence-electron chi connectivity index (χ3n) is 3.50. The van der Waals surface area contributed by atoms with Crippen LogP contribution in [0.25, 0.3) is 0 Å². The van der Waals surface area contributed by atoms with Crippen LogP contribution in [0, 0.1) is 0 Å². The van der Waals surface area contributed by atoms with Crippen LogP contribution in [-0.2, 0) is 14.6 Å². The number of benzene rings is 1. The van der Waals surface area contributed by atoms with Gasteiger partial charge in [-0.1, -0.05) is 24.4 Å². The van der Waals surface area contributed by atoms with Gasteiger partial charge in [-0.3, -0.25) is 4.79 Å². The molecule has 1 amide bonds. The molecule has 1 atom stereocenters. The van der Waals surface area contributed by atoms with Crippen LogP contribution in [0.3, 0.4) is 0 Å². The van der Waals surface area contributed by atoms with E-state index in [1.807, 2.05) is 0 Å². The summed E-state index contributed by atoms with van der Waals surface area (Å²) in [5, 5.41) is 6.24. The molecule has 116 valence electrons. The largest absolute Gasteiger partial charge is 0.323 e. The van der Waals surface area contributed by atoms with Crippen molar-refractivity contribution in [3.05, 3.63) is 23.2 Å². The molecule has 1 heterocycles. The lowest BCUT2D eigenvalue weighted by Crippen LogP contribution is -2.39. The van der Waals surface area contributed by atoms with Gasteiger partial charge in [0.2, 0.25) is 5.91 Å². The Kier molecular flexibility index (Phi) is 5.24. The fourth-order valence-corrected chi connectivity index (χ4v) is 3.12. The molecule has 1 saturated heterocycles.